The number of rotatable bonds is 4. The summed E-state index contributed by atoms with van der Waals surface area (Å²) in [4.78, 5) is 40.8. The van der Waals surface area contributed by atoms with Crippen LogP contribution < -0.4 is 5.32 Å². The highest BCUT2D eigenvalue weighted by atomic mass is 35.5. The molecule has 1 N–H and O–H groups in total. The topological polar surface area (TPSA) is 69.7 Å². The Morgan fingerprint density at radius 1 is 1.11 bits per heavy atom. The van der Waals surface area contributed by atoms with Crippen molar-refractivity contribution in [1.29, 1.82) is 0 Å². The second-order valence-corrected chi connectivity index (χ2v) is 7.83. The monoisotopic (exact) mass is 411 g/mol. The van der Waals surface area contributed by atoms with Crippen LogP contribution in [0.3, 0.4) is 0 Å². The minimum atomic E-state index is -0.558. The number of piperidine rings is 2. The maximum atomic E-state index is 12.8. The van der Waals surface area contributed by atoms with E-state index < -0.39 is 6.04 Å². The Hall–Kier alpha value is -1.79. The summed E-state index contributed by atoms with van der Waals surface area (Å²) >= 11 is 12.0. The Bertz CT molecular complexity index is 741. The molecule has 2 heterocycles. The third kappa shape index (κ3) is 4.93. The van der Waals surface area contributed by atoms with E-state index in [1.807, 2.05) is 0 Å². The van der Waals surface area contributed by atoms with Crippen LogP contribution in [0.2, 0.25) is 10.0 Å². The lowest BCUT2D eigenvalue weighted by Gasteiger charge is -2.36. The number of halogens is 2. The summed E-state index contributed by atoms with van der Waals surface area (Å²) in [7, 11) is 0. The highest BCUT2D eigenvalue weighted by Crippen LogP contribution is 2.27. The summed E-state index contributed by atoms with van der Waals surface area (Å²) < 4.78 is 0. The number of amides is 3. The van der Waals surface area contributed by atoms with Crippen molar-refractivity contribution in [2.75, 3.05) is 25.0 Å². The van der Waals surface area contributed by atoms with Gasteiger partial charge in [0.05, 0.1) is 17.3 Å². The molecule has 0 saturated carbocycles. The molecule has 0 aliphatic carbocycles. The number of likely N-dealkylation sites (tertiary alicyclic amines) is 2. The molecule has 8 heteroatoms. The standard InChI is InChI=1S/C19H23Cl2N3O3/c20-13-7-8-15(14(21)11-13)22-19(27)16-5-1-4-10-24(16)18(26)12-23-9-3-2-6-17(23)25/h7-8,11,16H,1-6,9-10,12H2,(H,22,27). The SMILES string of the molecule is O=C(Nc1ccc(Cl)cc1Cl)C1CCCCN1C(=O)CN1CCCCC1=O. The van der Waals surface area contributed by atoms with E-state index in [0.717, 1.165) is 25.7 Å². The summed E-state index contributed by atoms with van der Waals surface area (Å²) in [5.74, 6) is -0.426. The van der Waals surface area contributed by atoms with Gasteiger partial charge in [-0.15, -0.1) is 0 Å². The molecule has 2 fully saturated rings. The Kier molecular flexibility index (Phi) is 6.60. The van der Waals surface area contributed by atoms with E-state index >= 15 is 0 Å². The summed E-state index contributed by atoms with van der Waals surface area (Å²) in [6.45, 7) is 1.17. The molecule has 3 amide bonds. The highest BCUT2D eigenvalue weighted by molar-refractivity contribution is 6.36. The molecule has 1 aromatic carbocycles. The van der Waals surface area contributed by atoms with Gasteiger partial charge in [0.1, 0.15) is 6.04 Å². The molecule has 1 atom stereocenters. The zero-order valence-corrected chi connectivity index (χ0v) is 16.6. The maximum Gasteiger partial charge on any atom is 0.247 e. The lowest BCUT2D eigenvalue weighted by atomic mass is 10.0. The summed E-state index contributed by atoms with van der Waals surface area (Å²) in [6.07, 6.45) is 4.60. The third-order valence-corrected chi connectivity index (χ3v) is 5.61. The Labute approximate surface area is 168 Å². The largest absolute Gasteiger partial charge is 0.333 e. The predicted molar refractivity (Wildman–Crippen MR) is 105 cm³/mol. The van der Waals surface area contributed by atoms with Gasteiger partial charge in [0.2, 0.25) is 17.7 Å². The summed E-state index contributed by atoms with van der Waals surface area (Å²) in [5, 5.41) is 3.64. The van der Waals surface area contributed by atoms with Gasteiger partial charge >= 0.3 is 0 Å². The molecule has 0 aromatic heterocycles. The lowest BCUT2D eigenvalue weighted by molar-refractivity contribution is -0.146. The molecule has 0 radical (unpaired) electrons. The van der Waals surface area contributed by atoms with Crippen molar-refractivity contribution in [2.24, 2.45) is 0 Å². The number of nitrogens with one attached hydrogen (secondary N) is 1. The molecule has 1 unspecified atom stereocenters. The fourth-order valence-corrected chi connectivity index (χ4v) is 4.05. The van der Waals surface area contributed by atoms with Crippen molar-refractivity contribution < 1.29 is 14.4 Å². The molecule has 0 spiro atoms. The molecule has 1 aromatic rings. The Morgan fingerprint density at radius 3 is 2.63 bits per heavy atom. The molecule has 146 valence electrons. The van der Waals surface area contributed by atoms with Crippen LogP contribution >= 0.6 is 23.2 Å². The first-order chi connectivity index (χ1) is 13.0. The zero-order valence-electron chi connectivity index (χ0n) is 15.0. The van der Waals surface area contributed by atoms with E-state index in [2.05, 4.69) is 5.32 Å². The number of hydrogen-bond donors (Lipinski definition) is 1. The van der Waals surface area contributed by atoms with Crippen LogP contribution in [-0.2, 0) is 14.4 Å². The molecule has 3 rings (SSSR count). The van der Waals surface area contributed by atoms with E-state index in [1.54, 1.807) is 28.0 Å². The second kappa shape index (κ2) is 8.93. The van der Waals surface area contributed by atoms with Gasteiger partial charge < -0.3 is 15.1 Å². The minimum absolute atomic E-state index is 0.0144. The van der Waals surface area contributed by atoms with Gasteiger partial charge in [-0.25, -0.2) is 0 Å². The minimum Gasteiger partial charge on any atom is -0.333 e. The van der Waals surface area contributed by atoms with E-state index in [9.17, 15) is 14.4 Å². The Balaban J connectivity index is 1.67. The van der Waals surface area contributed by atoms with Gasteiger partial charge in [0, 0.05) is 24.5 Å². The van der Waals surface area contributed by atoms with E-state index in [0.29, 0.717) is 41.7 Å². The fourth-order valence-electron chi connectivity index (χ4n) is 3.59. The molecule has 27 heavy (non-hydrogen) atoms. The van der Waals surface area contributed by atoms with Crippen molar-refractivity contribution >= 4 is 46.6 Å². The van der Waals surface area contributed by atoms with Crippen LogP contribution in [0, 0.1) is 0 Å². The van der Waals surface area contributed by atoms with Gasteiger partial charge in [-0.05, 0) is 50.3 Å². The molecule has 2 saturated heterocycles. The Morgan fingerprint density at radius 2 is 1.89 bits per heavy atom. The third-order valence-electron chi connectivity index (χ3n) is 5.06. The lowest BCUT2D eigenvalue weighted by Crippen LogP contribution is -2.53. The second-order valence-electron chi connectivity index (χ2n) is 6.98. The van der Waals surface area contributed by atoms with Gasteiger partial charge in [0.25, 0.3) is 0 Å². The van der Waals surface area contributed by atoms with Crippen LogP contribution in [0.4, 0.5) is 5.69 Å². The van der Waals surface area contributed by atoms with Crippen molar-refractivity contribution in [3.8, 4) is 0 Å². The first-order valence-corrected chi connectivity index (χ1v) is 10.0. The number of hydrogen-bond acceptors (Lipinski definition) is 3. The molecule has 2 aliphatic heterocycles. The number of benzene rings is 1. The number of anilines is 1. The smallest absolute Gasteiger partial charge is 0.247 e. The quantitative estimate of drug-likeness (QED) is 0.825. The van der Waals surface area contributed by atoms with Gasteiger partial charge in [-0.2, -0.15) is 0 Å². The van der Waals surface area contributed by atoms with Crippen LogP contribution in [0.15, 0.2) is 18.2 Å². The first kappa shape index (κ1) is 20.0. The fraction of sp³-hybridized carbons (Fsp3) is 0.526. The van der Waals surface area contributed by atoms with Gasteiger partial charge in [-0.1, -0.05) is 23.2 Å². The number of carbonyl (C=O) groups is 3. The molecular weight excluding hydrogens is 389 g/mol. The van der Waals surface area contributed by atoms with Crippen molar-refractivity contribution in [3.05, 3.63) is 28.2 Å². The summed E-state index contributed by atoms with van der Waals surface area (Å²) in [5.41, 5.74) is 0.468. The molecule has 0 bridgehead atoms. The van der Waals surface area contributed by atoms with Crippen LogP contribution in [0.5, 0.6) is 0 Å². The van der Waals surface area contributed by atoms with Gasteiger partial charge in [-0.3, -0.25) is 14.4 Å². The van der Waals surface area contributed by atoms with Crippen LogP contribution in [-0.4, -0.2) is 53.2 Å². The van der Waals surface area contributed by atoms with E-state index in [-0.39, 0.29) is 24.3 Å². The molecule has 6 nitrogen and oxygen atoms in total. The van der Waals surface area contributed by atoms with Crippen molar-refractivity contribution in [1.82, 2.24) is 9.80 Å². The average molecular weight is 412 g/mol. The van der Waals surface area contributed by atoms with Crippen LogP contribution in [0.25, 0.3) is 0 Å². The zero-order chi connectivity index (χ0) is 19.4. The number of carbonyl (C=O) groups excluding carboxylic acids is 3. The van der Waals surface area contributed by atoms with Crippen molar-refractivity contribution in [3.63, 3.8) is 0 Å². The highest BCUT2D eigenvalue weighted by Gasteiger charge is 2.34. The van der Waals surface area contributed by atoms with Crippen molar-refractivity contribution in [2.45, 2.75) is 44.6 Å². The predicted octanol–water partition coefficient (Wildman–Crippen LogP) is 3.33. The van der Waals surface area contributed by atoms with E-state index in [1.165, 1.54) is 0 Å². The first-order valence-electron chi connectivity index (χ1n) is 9.29. The van der Waals surface area contributed by atoms with Gasteiger partial charge in [0.15, 0.2) is 0 Å². The van der Waals surface area contributed by atoms with E-state index in [4.69, 9.17) is 23.2 Å². The normalized spacial score (nSPS) is 20.5. The molecule has 2 aliphatic rings. The number of nitrogens with zero attached hydrogens (tertiary/aromatic N) is 2. The maximum absolute atomic E-state index is 12.8. The molecular formula is C19H23Cl2N3O3. The average Bonchev–Trinajstić information content (AvgIpc) is 2.65. The van der Waals surface area contributed by atoms with Crippen LogP contribution in [0.1, 0.15) is 38.5 Å². The summed E-state index contributed by atoms with van der Waals surface area (Å²) in [6, 6.07) is 4.29.